The van der Waals surface area contributed by atoms with Crippen LogP contribution in [0.2, 0.25) is 22.8 Å². The van der Waals surface area contributed by atoms with Crippen LogP contribution in [-0.4, -0.2) is 39.6 Å². The van der Waals surface area contributed by atoms with E-state index in [1.165, 1.54) is 53.3 Å². The minimum atomic E-state index is -2.65. The van der Waals surface area contributed by atoms with Crippen molar-refractivity contribution in [3.05, 3.63) is 72.8 Å². The zero-order valence-corrected chi connectivity index (χ0v) is 30.4. The van der Waals surface area contributed by atoms with Gasteiger partial charge in [-0.3, -0.25) is 0 Å². The quantitative estimate of drug-likeness (QED) is 0.131. The van der Waals surface area contributed by atoms with Crippen LogP contribution in [0.25, 0.3) is 0 Å². The van der Waals surface area contributed by atoms with Crippen LogP contribution >= 0.6 is 0 Å². The van der Waals surface area contributed by atoms with Crippen LogP contribution in [0.5, 0.6) is 0 Å². The van der Waals surface area contributed by atoms with Crippen LogP contribution in [0.3, 0.4) is 0 Å². The number of hydrogen-bond donors (Lipinski definition) is 0. The fraction of sp³-hybridized carbons (Fsp3) is 0.611. The SMILES string of the molecule is CCC[CH2][Sn]([CH2]/C=C\[C@H]1CCCO[C@@H]1O[Si](c1ccccc1)(c1ccccc1)C(C)(C)C)([CH2]CCC)[CH2]CCC. The van der Waals surface area contributed by atoms with Crippen LogP contribution in [0, 0.1) is 5.92 Å². The van der Waals surface area contributed by atoms with E-state index in [0.717, 1.165) is 19.4 Å². The molecule has 1 aliphatic heterocycles. The normalized spacial score (nSPS) is 18.9. The van der Waals surface area contributed by atoms with E-state index >= 15 is 0 Å². The molecule has 0 aromatic heterocycles. The molecule has 0 N–H and O–H groups in total. The van der Waals surface area contributed by atoms with Gasteiger partial charge in [0.25, 0.3) is 0 Å². The van der Waals surface area contributed by atoms with Crippen molar-refractivity contribution in [2.75, 3.05) is 6.61 Å². The summed E-state index contributed by atoms with van der Waals surface area (Å²) in [5.41, 5.74) is 0. The molecule has 1 fully saturated rings. The maximum atomic E-state index is 7.49. The Bertz CT molecular complexity index is 924. The third-order valence-electron chi connectivity index (χ3n) is 9.14. The van der Waals surface area contributed by atoms with E-state index in [4.69, 9.17) is 9.16 Å². The van der Waals surface area contributed by atoms with Crippen molar-refractivity contribution in [3.63, 3.8) is 0 Å². The molecular formula is C36H58O2SiSn. The molecule has 2 atom stereocenters. The predicted octanol–water partition coefficient (Wildman–Crippen LogP) is 9.72. The summed E-state index contributed by atoms with van der Waals surface area (Å²) in [7, 11) is -2.65. The van der Waals surface area contributed by atoms with Gasteiger partial charge < -0.3 is 0 Å². The van der Waals surface area contributed by atoms with E-state index in [9.17, 15) is 0 Å². The van der Waals surface area contributed by atoms with Crippen LogP contribution in [0.15, 0.2) is 72.8 Å². The molecule has 3 rings (SSSR count). The average Bonchev–Trinajstić information content (AvgIpc) is 2.97. The second kappa shape index (κ2) is 16.7. The van der Waals surface area contributed by atoms with Gasteiger partial charge in [-0.15, -0.1) is 0 Å². The molecule has 2 nitrogen and oxygen atoms in total. The van der Waals surface area contributed by atoms with E-state index in [1.807, 2.05) is 0 Å². The number of rotatable bonds is 16. The minimum absolute atomic E-state index is 0.0448. The van der Waals surface area contributed by atoms with Crippen molar-refractivity contribution in [3.8, 4) is 0 Å². The Morgan fingerprint density at radius 3 is 1.77 bits per heavy atom. The zero-order valence-electron chi connectivity index (χ0n) is 26.6. The summed E-state index contributed by atoms with van der Waals surface area (Å²) >= 11 is -2.20. The van der Waals surface area contributed by atoms with Crippen molar-refractivity contribution in [1.29, 1.82) is 0 Å². The molecule has 0 radical (unpaired) electrons. The van der Waals surface area contributed by atoms with Gasteiger partial charge in [-0.05, 0) is 0 Å². The number of allylic oxidation sites excluding steroid dienone is 1. The Kier molecular flexibility index (Phi) is 14.0. The van der Waals surface area contributed by atoms with Crippen LogP contribution < -0.4 is 10.4 Å². The van der Waals surface area contributed by atoms with Gasteiger partial charge in [0.2, 0.25) is 0 Å². The summed E-state index contributed by atoms with van der Waals surface area (Å²) in [6.45, 7) is 15.0. The van der Waals surface area contributed by atoms with Gasteiger partial charge in [-0.1, -0.05) is 0 Å². The molecule has 1 saturated heterocycles. The molecule has 1 aliphatic rings. The third-order valence-corrected chi connectivity index (χ3v) is 29.4. The Morgan fingerprint density at radius 1 is 0.825 bits per heavy atom. The molecule has 0 bridgehead atoms. The first kappa shape index (κ1) is 33.6. The summed E-state index contributed by atoms with van der Waals surface area (Å²) in [4.78, 5) is 0. The molecule has 40 heavy (non-hydrogen) atoms. The molecule has 0 unspecified atom stereocenters. The predicted molar refractivity (Wildman–Crippen MR) is 180 cm³/mol. The van der Waals surface area contributed by atoms with Crippen molar-refractivity contribution in [1.82, 2.24) is 0 Å². The number of ether oxygens (including phenoxy) is 1. The number of hydrogen-bond acceptors (Lipinski definition) is 2. The number of benzene rings is 2. The van der Waals surface area contributed by atoms with Crippen LogP contribution in [-0.2, 0) is 9.16 Å². The van der Waals surface area contributed by atoms with Gasteiger partial charge in [0.15, 0.2) is 0 Å². The molecule has 0 saturated carbocycles. The van der Waals surface area contributed by atoms with Crippen molar-refractivity contribution in [2.24, 2.45) is 5.92 Å². The van der Waals surface area contributed by atoms with E-state index in [-0.39, 0.29) is 11.3 Å². The molecule has 1 heterocycles. The summed E-state index contributed by atoms with van der Waals surface area (Å²) in [6.07, 6.45) is 15.6. The molecular weight excluding hydrogens is 611 g/mol. The van der Waals surface area contributed by atoms with Gasteiger partial charge >= 0.3 is 254 Å². The van der Waals surface area contributed by atoms with Crippen LogP contribution in [0.1, 0.15) is 92.9 Å². The molecule has 0 amide bonds. The van der Waals surface area contributed by atoms with Crippen LogP contribution in [0.4, 0.5) is 0 Å². The van der Waals surface area contributed by atoms with E-state index < -0.39 is 26.7 Å². The van der Waals surface area contributed by atoms with E-state index in [2.05, 4.69) is 114 Å². The molecule has 2 aromatic rings. The fourth-order valence-corrected chi connectivity index (χ4v) is 26.5. The maximum absolute atomic E-state index is 7.49. The topological polar surface area (TPSA) is 18.5 Å². The molecule has 0 aliphatic carbocycles. The molecule has 2 aromatic carbocycles. The molecule has 222 valence electrons. The summed E-state index contributed by atoms with van der Waals surface area (Å²) in [5.74, 6) is 0.322. The van der Waals surface area contributed by atoms with Gasteiger partial charge in [0, 0.05) is 0 Å². The van der Waals surface area contributed by atoms with E-state index in [0.29, 0.717) is 5.92 Å². The summed E-state index contributed by atoms with van der Waals surface area (Å²) in [6, 6.07) is 22.1. The Balaban J connectivity index is 1.93. The first-order valence-electron chi connectivity index (χ1n) is 16.4. The molecule has 0 spiro atoms. The summed E-state index contributed by atoms with van der Waals surface area (Å²) in [5, 5.41) is 2.62. The van der Waals surface area contributed by atoms with E-state index in [1.54, 1.807) is 13.3 Å². The van der Waals surface area contributed by atoms with Gasteiger partial charge in [0.1, 0.15) is 0 Å². The van der Waals surface area contributed by atoms with Gasteiger partial charge in [0.05, 0.1) is 0 Å². The average molecular weight is 670 g/mol. The van der Waals surface area contributed by atoms with Gasteiger partial charge in [-0.25, -0.2) is 0 Å². The second-order valence-corrected chi connectivity index (χ2v) is 31.5. The third kappa shape index (κ3) is 8.81. The summed E-state index contributed by atoms with van der Waals surface area (Å²) < 4.78 is 20.1. The standard InChI is InChI=1S/C24H31O2Si.3C4H9.Sn/c1-5-13-20-14-12-19-25-23(20)26-27(24(2,3)4,21-15-8-6-9-16-21)22-17-10-7-11-18-22;3*1-3-4-2;/h5-11,13,15-18,20,23H,1,12,14,19H2,2-4H3;3*1,3-4H2,2H3;/b13-5-;;;;/t20-,23+;;;;/m0..../s1. The zero-order chi connectivity index (χ0) is 28.9. The molecule has 4 heteroatoms. The Morgan fingerprint density at radius 2 is 1.32 bits per heavy atom. The number of unbranched alkanes of at least 4 members (excludes halogenated alkanes) is 3. The van der Waals surface area contributed by atoms with Crippen molar-refractivity contribution >= 4 is 37.1 Å². The monoisotopic (exact) mass is 670 g/mol. The fourth-order valence-electron chi connectivity index (χ4n) is 6.78. The second-order valence-electron chi connectivity index (χ2n) is 13.3. The van der Waals surface area contributed by atoms with Crippen molar-refractivity contribution < 1.29 is 9.16 Å². The Hall–Kier alpha value is -0.884. The van der Waals surface area contributed by atoms with Gasteiger partial charge in [-0.2, -0.15) is 0 Å². The Labute approximate surface area is 252 Å². The first-order chi connectivity index (χ1) is 19.3. The van der Waals surface area contributed by atoms with Crippen molar-refractivity contribution in [2.45, 2.75) is 122 Å². The first-order valence-corrected chi connectivity index (χ1v) is 26.4.